The molecule has 0 radical (unpaired) electrons. The summed E-state index contributed by atoms with van der Waals surface area (Å²) >= 11 is 0. The van der Waals surface area contributed by atoms with Crippen molar-refractivity contribution in [1.29, 1.82) is 0 Å². The average Bonchev–Trinajstić information content (AvgIpc) is 2.66. The first-order valence-electron chi connectivity index (χ1n) is 8.61. The molecule has 1 aliphatic heterocycles. The molecule has 0 unspecified atom stereocenters. The minimum Gasteiger partial charge on any atom is -0.492 e. The van der Waals surface area contributed by atoms with Crippen LogP contribution >= 0.6 is 0 Å². The molecule has 134 valence electrons. The number of benzene rings is 1. The zero-order chi connectivity index (χ0) is 17.3. The second-order valence-electron chi connectivity index (χ2n) is 5.84. The molecule has 1 aromatic carbocycles. The summed E-state index contributed by atoms with van der Waals surface area (Å²) in [6.45, 7) is 5.75. The van der Waals surface area contributed by atoms with Crippen molar-refractivity contribution in [1.82, 2.24) is 20.5 Å². The van der Waals surface area contributed by atoms with Gasteiger partial charge in [-0.3, -0.25) is 9.88 Å². The van der Waals surface area contributed by atoms with Crippen LogP contribution in [0.3, 0.4) is 0 Å². The normalized spacial score (nSPS) is 15.0. The van der Waals surface area contributed by atoms with Crippen LogP contribution in [0.2, 0.25) is 0 Å². The Morgan fingerprint density at radius 1 is 1.20 bits per heavy atom. The number of carbonyl (C=O) groups excluding carboxylic acids is 1. The lowest BCUT2D eigenvalue weighted by molar-refractivity contribution is 0.0387. The lowest BCUT2D eigenvalue weighted by Gasteiger charge is -2.26. The third-order valence-corrected chi connectivity index (χ3v) is 4.05. The third kappa shape index (κ3) is 5.58. The Morgan fingerprint density at radius 2 is 2.04 bits per heavy atom. The molecule has 7 heteroatoms. The molecule has 0 saturated carbocycles. The summed E-state index contributed by atoms with van der Waals surface area (Å²) in [6, 6.07) is 9.49. The van der Waals surface area contributed by atoms with Crippen molar-refractivity contribution in [3.63, 3.8) is 0 Å². The Labute approximate surface area is 147 Å². The number of fused-ring (bicyclic) bond motifs is 1. The van der Waals surface area contributed by atoms with Gasteiger partial charge >= 0.3 is 6.03 Å². The molecule has 1 saturated heterocycles. The van der Waals surface area contributed by atoms with E-state index in [1.165, 1.54) is 0 Å². The van der Waals surface area contributed by atoms with Crippen molar-refractivity contribution in [3.05, 3.63) is 36.5 Å². The summed E-state index contributed by atoms with van der Waals surface area (Å²) in [5, 5.41) is 6.69. The highest BCUT2D eigenvalue weighted by Crippen LogP contribution is 2.18. The van der Waals surface area contributed by atoms with E-state index in [9.17, 15) is 4.79 Å². The lowest BCUT2D eigenvalue weighted by atomic mass is 10.2. The molecular formula is C18H24N4O3. The predicted octanol–water partition coefficient (Wildman–Crippen LogP) is 1.24. The Hall–Kier alpha value is -2.38. The van der Waals surface area contributed by atoms with Crippen LogP contribution in [0.25, 0.3) is 10.9 Å². The summed E-state index contributed by atoms with van der Waals surface area (Å²) in [6.07, 6.45) is 1.77. The molecule has 7 nitrogen and oxygen atoms in total. The Morgan fingerprint density at radius 3 is 2.92 bits per heavy atom. The summed E-state index contributed by atoms with van der Waals surface area (Å²) in [5.74, 6) is 0.773. The number of pyridine rings is 1. The van der Waals surface area contributed by atoms with Crippen LogP contribution in [0.5, 0.6) is 5.75 Å². The highest BCUT2D eigenvalue weighted by Gasteiger charge is 2.09. The van der Waals surface area contributed by atoms with Crippen LogP contribution in [-0.4, -0.2) is 68.5 Å². The van der Waals surface area contributed by atoms with E-state index < -0.39 is 0 Å². The molecule has 1 aliphatic rings. The van der Waals surface area contributed by atoms with E-state index in [0.717, 1.165) is 49.5 Å². The summed E-state index contributed by atoms with van der Waals surface area (Å²) in [7, 11) is 0. The maximum atomic E-state index is 11.7. The fourth-order valence-corrected chi connectivity index (χ4v) is 2.69. The zero-order valence-electron chi connectivity index (χ0n) is 14.2. The number of nitrogens with zero attached hydrogens (tertiary/aromatic N) is 2. The van der Waals surface area contributed by atoms with Crippen LogP contribution < -0.4 is 15.4 Å². The molecule has 2 heterocycles. The monoisotopic (exact) mass is 344 g/mol. The van der Waals surface area contributed by atoms with Crippen molar-refractivity contribution < 1.29 is 14.3 Å². The molecule has 2 amide bonds. The van der Waals surface area contributed by atoms with Crippen molar-refractivity contribution in [2.24, 2.45) is 0 Å². The first-order valence-corrected chi connectivity index (χ1v) is 8.61. The van der Waals surface area contributed by atoms with E-state index in [0.29, 0.717) is 19.7 Å². The fourth-order valence-electron chi connectivity index (χ4n) is 2.69. The number of rotatable bonds is 7. The maximum Gasteiger partial charge on any atom is 0.314 e. The molecule has 0 atom stereocenters. The number of ether oxygens (including phenoxy) is 2. The predicted molar refractivity (Wildman–Crippen MR) is 95.9 cm³/mol. The van der Waals surface area contributed by atoms with Crippen LogP contribution in [0.4, 0.5) is 4.79 Å². The van der Waals surface area contributed by atoms with E-state index in [-0.39, 0.29) is 6.03 Å². The van der Waals surface area contributed by atoms with Crippen LogP contribution in [0.1, 0.15) is 0 Å². The highest BCUT2D eigenvalue weighted by molar-refractivity contribution is 5.79. The van der Waals surface area contributed by atoms with Gasteiger partial charge in [0.1, 0.15) is 12.4 Å². The van der Waals surface area contributed by atoms with E-state index in [4.69, 9.17) is 9.47 Å². The Bertz CT molecular complexity index is 689. The van der Waals surface area contributed by atoms with Crippen LogP contribution in [0.15, 0.2) is 36.5 Å². The van der Waals surface area contributed by atoms with Crippen LogP contribution in [-0.2, 0) is 4.74 Å². The molecule has 2 aromatic rings. The summed E-state index contributed by atoms with van der Waals surface area (Å²) in [4.78, 5) is 18.3. The zero-order valence-corrected chi connectivity index (χ0v) is 14.2. The van der Waals surface area contributed by atoms with Gasteiger partial charge in [0.15, 0.2) is 0 Å². The Balaban J connectivity index is 1.30. The number of urea groups is 1. The molecule has 2 N–H and O–H groups in total. The van der Waals surface area contributed by atoms with Crippen molar-refractivity contribution >= 4 is 16.9 Å². The number of amides is 2. The number of hydrogen-bond acceptors (Lipinski definition) is 5. The fraction of sp³-hybridized carbons (Fsp3) is 0.444. The second kappa shape index (κ2) is 9.19. The SMILES string of the molecule is O=C(NCCOc1ccc2ncccc2c1)NCCN1CCOCC1. The van der Waals surface area contributed by atoms with Crippen molar-refractivity contribution in [2.45, 2.75) is 0 Å². The number of hydrogen-bond donors (Lipinski definition) is 2. The quantitative estimate of drug-likeness (QED) is 0.739. The molecule has 1 fully saturated rings. The van der Waals surface area contributed by atoms with Gasteiger partial charge in [-0.15, -0.1) is 0 Å². The molecule has 3 rings (SSSR count). The first-order chi connectivity index (χ1) is 12.3. The van der Waals surface area contributed by atoms with Gasteiger partial charge in [0.2, 0.25) is 0 Å². The molecule has 0 bridgehead atoms. The van der Waals surface area contributed by atoms with E-state index in [1.54, 1.807) is 6.20 Å². The van der Waals surface area contributed by atoms with Gasteiger partial charge in [0.25, 0.3) is 0 Å². The number of nitrogens with one attached hydrogen (secondary N) is 2. The standard InChI is InChI=1S/C18H24N4O3/c23-18(20-6-8-22-9-12-24-13-10-22)21-7-11-25-16-3-4-17-15(14-16)2-1-5-19-17/h1-5,14H,6-13H2,(H2,20,21,23). The molecule has 25 heavy (non-hydrogen) atoms. The summed E-state index contributed by atoms with van der Waals surface area (Å²) < 4.78 is 11.0. The number of morpholine rings is 1. The number of carbonyl (C=O) groups is 1. The highest BCUT2D eigenvalue weighted by atomic mass is 16.5. The van der Waals surface area contributed by atoms with Gasteiger partial charge in [-0.05, 0) is 24.3 Å². The molecule has 0 spiro atoms. The molecular weight excluding hydrogens is 320 g/mol. The number of aromatic nitrogens is 1. The maximum absolute atomic E-state index is 11.7. The smallest absolute Gasteiger partial charge is 0.314 e. The van der Waals surface area contributed by atoms with Crippen molar-refractivity contribution in [2.75, 3.05) is 52.5 Å². The topological polar surface area (TPSA) is 75.7 Å². The van der Waals surface area contributed by atoms with Gasteiger partial charge in [0.05, 0.1) is 25.3 Å². The van der Waals surface area contributed by atoms with Gasteiger partial charge in [-0.1, -0.05) is 6.07 Å². The van der Waals surface area contributed by atoms with Gasteiger partial charge in [-0.25, -0.2) is 4.79 Å². The van der Waals surface area contributed by atoms with E-state index in [1.807, 2.05) is 30.3 Å². The minimum absolute atomic E-state index is 0.167. The van der Waals surface area contributed by atoms with Gasteiger partial charge in [0, 0.05) is 37.8 Å². The lowest BCUT2D eigenvalue weighted by Crippen LogP contribution is -2.44. The Kier molecular flexibility index (Phi) is 6.42. The molecule has 1 aromatic heterocycles. The van der Waals surface area contributed by atoms with Gasteiger partial charge < -0.3 is 20.1 Å². The van der Waals surface area contributed by atoms with E-state index in [2.05, 4.69) is 20.5 Å². The van der Waals surface area contributed by atoms with E-state index >= 15 is 0 Å². The minimum atomic E-state index is -0.167. The third-order valence-electron chi connectivity index (χ3n) is 4.05. The largest absolute Gasteiger partial charge is 0.492 e. The summed E-state index contributed by atoms with van der Waals surface area (Å²) in [5.41, 5.74) is 0.938. The van der Waals surface area contributed by atoms with Gasteiger partial charge in [-0.2, -0.15) is 0 Å². The van der Waals surface area contributed by atoms with Crippen LogP contribution in [0, 0.1) is 0 Å². The first kappa shape index (κ1) is 17.4. The van der Waals surface area contributed by atoms with Crippen molar-refractivity contribution in [3.8, 4) is 5.75 Å². The molecule has 0 aliphatic carbocycles. The second-order valence-corrected chi connectivity index (χ2v) is 5.84. The average molecular weight is 344 g/mol.